The second kappa shape index (κ2) is 5.90. The summed E-state index contributed by atoms with van der Waals surface area (Å²) in [6.45, 7) is 3.15. The smallest absolute Gasteiger partial charge is 0.223 e. The molecule has 2 aromatic heterocycles. The number of carbonyl (C=O) groups excluding carboxylic acids is 1. The van der Waals surface area contributed by atoms with Gasteiger partial charge in [-0.2, -0.15) is 0 Å². The quantitative estimate of drug-likeness (QED) is 0.771. The molecule has 0 atom stereocenters. The van der Waals surface area contributed by atoms with Gasteiger partial charge in [-0.1, -0.05) is 0 Å². The van der Waals surface area contributed by atoms with Crippen LogP contribution in [-0.4, -0.2) is 38.5 Å². The van der Waals surface area contributed by atoms with Crippen LogP contribution in [0.4, 0.5) is 5.82 Å². The van der Waals surface area contributed by atoms with Crippen molar-refractivity contribution in [3.8, 4) is 5.82 Å². The molecule has 21 heavy (non-hydrogen) atoms. The Morgan fingerprint density at radius 3 is 2.90 bits per heavy atom. The Hall–Kier alpha value is -2.44. The minimum absolute atomic E-state index is 0.161. The van der Waals surface area contributed by atoms with Crippen LogP contribution in [0.5, 0.6) is 0 Å². The van der Waals surface area contributed by atoms with Crippen LogP contribution in [0.3, 0.4) is 0 Å². The van der Waals surface area contributed by atoms with Crippen molar-refractivity contribution in [1.29, 1.82) is 0 Å². The molecule has 110 valence electrons. The highest BCUT2D eigenvalue weighted by Gasteiger charge is 2.28. The average Bonchev–Trinajstić information content (AvgIpc) is 3.26. The van der Waals surface area contributed by atoms with E-state index in [1.165, 1.54) is 6.33 Å². The van der Waals surface area contributed by atoms with E-state index in [9.17, 15) is 4.79 Å². The number of rotatable bonds is 6. The molecule has 0 aromatic carbocycles. The van der Waals surface area contributed by atoms with Gasteiger partial charge in [0.15, 0.2) is 0 Å². The summed E-state index contributed by atoms with van der Waals surface area (Å²) in [4.78, 5) is 24.1. The number of aryl methyl sites for hydroxylation is 1. The number of hydrogen-bond donors (Lipinski definition) is 2. The molecule has 1 aliphatic rings. The SMILES string of the molecule is Cc1nccn1-c1cc(NCCNC(=O)C2CC2)ncn1. The van der Waals surface area contributed by atoms with Gasteiger partial charge >= 0.3 is 0 Å². The number of hydrogen-bond acceptors (Lipinski definition) is 5. The van der Waals surface area contributed by atoms with E-state index in [-0.39, 0.29) is 11.8 Å². The second-order valence-electron chi connectivity index (χ2n) is 5.10. The molecule has 3 rings (SSSR count). The summed E-state index contributed by atoms with van der Waals surface area (Å²) in [6, 6.07) is 1.86. The average molecular weight is 286 g/mol. The maximum absolute atomic E-state index is 11.5. The Morgan fingerprint density at radius 1 is 1.33 bits per heavy atom. The molecular weight excluding hydrogens is 268 g/mol. The molecule has 1 fully saturated rings. The first-order valence-electron chi connectivity index (χ1n) is 7.08. The lowest BCUT2D eigenvalue weighted by molar-refractivity contribution is -0.122. The normalized spacial score (nSPS) is 14.0. The van der Waals surface area contributed by atoms with E-state index in [1.54, 1.807) is 6.20 Å². The van der Waals surface area contributed by atoms with E-state index in [0.717, 1.165) is 30.3 Å². The summed E-state index contributed by atoms with van der Waals surface area (Å²) in [5.74, 6) is 2.78. The highest BCUT2D eigenvalue weighted by atomic mass is 16.2. The van der Waals surface area contributed by atoms with Crippen LogP contribution in [0.15, 0.2) is 24.8 Å². The number of nitrogens with one attached hydrogen (secondary N) is 2. The molecule has 0 bridgehead atoms. The first kappa shape index (κ1) is 13.5. The zero-order chi connectivity index (χ0) is 14.7. The van der Waals surface area contributed by atoms with Crippen molar-refractivity contribution >= 4 is 11.7 Å². The molecule has 1 saturated carbocycles. The van der Waals surface area contributed by atoms with Crippen molar-refractivity contribution in [2.45, 2.75) is 19.8 Å². The van der Waals surface area contributed by atoms with Gasteiger partial charge in [-0.3, -0.25) is 9.36 Å². The lowest BCUT2D eigenvalue weighted by Gasteiger charge is -2.09. The van der Waals surface area contributed by atoms with Gasteiger partial charge in [-0.05, 0) is 19.8 Å². The van der Waals surface area contributed by atoms with Gasteiger partial charge in [-0.25, -0.2) is 15.0 Å². The van der Waals surface area contributed by atoms with Gasteiger partial charge in [0, 0.05) is 37.5 Å². The lowest BCUT2D eigenvalue weighted by Crippen LogP contribution is -2.29. The Balaban J connectivity index is 1.54. The molecule has 2 heterocycles. The number of imidazole rings is 1. The third kappa shape index (κ3) is 3.36. The van der Waals surface area contributed by atoms with Gasteiger partial charge in [-0.15, -0.1) is 0 Å². The third-order valence-corrected chi connectivity index (χ3v) is 3.40. The van der Waals surface area contributed by atoms with Crippen molar-refractivity contribution in [2.75, 3.05) is 18.4 Å². The fourth-order valence-electron chi connectivity index (χ4n) is 2.06. The molecule has 1 amide bonds. The third-order valence-electron chi connectivity index (χ3n) is 3.40. The largest absolute Gasteiger partial charge is 0.368 e. The fourth-order valence-corrected chi connectivity index (χ4v) is 2.06. The van der Waals surface area contributed by atoms with Crippen LogP contribution in [0.25, 0.3) is 5.82 Å². The minimum atomic E-state index is 0.161. The number of amides is 1. The Bertz CT molecular complexity index is 634. The van der Waals surface area contributed by atoms with Crippen LogP contribution in [0.2, 0.25) is 0 Å². The maximum atomic E-state index is 11.5. The number of aromatic nitrogens is 4. The zero-order valence-electron chi connectivity index (χ0n) is 11.9. The predicted molar refractivity (Wildman–Crippen MR) is 78.1 cm³/mol. The van der Waals surface area contributed by atoms with Crippen LogP contribution >= 0.6 is 0 Å². The molecule has 7 nitrogen and oxygen atoms in total. The van der Waals surface area contributed by atoms with E-state index in [4.69, 9.17) is 0 Å². The highest BCUT2D eigenvalue weighted by molar-refractivity contribution is 5.80. The van der Waals surface area contributed by atoms with Crippen molar-refractivity contribution < 1.29 is 4.79 Å². The molecule has 0 unspecified atom stereocenters. The van der Waals surface area contributed by atoms with Gasteiger partial charge in [0.25, 0.3) is 0 Å². The lowest BCUT2D eigenvalue weighted by atomic mass is 10.4. The van der Waals surface area contributed by atoms with E-state index >= 15 is 0 Å². The summed E-state index contributed by atoms with van der Waals surface area (Å²) in [5, 5.41) is 6.09. The molecule has 0 radical (unpaired) electrons. The monoisotopic (exact) mass is 286 g/mol. The van der Waals surface area contributed by atoms with Crippen LogP contribution < -0.4 is 10.6 Å². The molecule has 1 aliphatic carbocycles. The van der Waals surface area contributed by atoms with E-state index in [1.807, 2.05) is 23.8 Å². The van der Waals surface area contributed by atoms with Gasteiger partial charge in [0.2, 0.25) is 5.91 Å². The highest BCUT2D eigenvalue weighted by Crippen LogP contribution is 2.28. The molecule has 0 aliphatic heterocycles. The summed E-state index contributed by atoms with van der Waals surface area (Å²) >= 11 is 0. The summed E-state index contributed by atoms with van der Waals surface area (Å²) in [6.07, 6.45) is 7.16. The van der Waals surface area contributed by atoms with E-state index < -0.39 is 0 Å². The number of anilines is 1. The molecule has 2 N–H and O–H groups in total. The standard InChI is InChI=1S/C14H18N6O/c1-10-15-6-7-20(10)13-8-12(18-9-19-13)16-4-5-17-14(21)11-2-3-11/h6-9,11H,2-5H2,1H3,(H,17,21)(H,16,18,19). The zero-order valence-corrected chi connectivity index (χ0v) is 11.9. The predicted octanol–water partition coefficient (Wildman–Crippen LogP) is 0.909. The Labute approximate surface area is 122 Å². The Morgan fingerprint density at radius 2 is 2.19 bits per heavy atom. The van der Waals surface area contributed by atoms with Gasteiger partial charge < -0.3 is 10.6 Å². The fraction of sp³-hybridized carbons (Fsp3) is 0.429. The number of nitrogens with zero attached hydrogens (tertiary/aromatic N) is 4. The second-order valence-corrected chi connectivity index (χ2v) is 5.10. The summed E-state index contributed by atoms with van der Waals surface area (Å²) < 4.78 is 1.89. The first-order chi connectivity index (χ1) is 10.2. The van der Waals surface area contributed by atoms with E-state index in [0.29, 0.717) is 13.1 Å². The van der Waals surface area contributed by atoms with Crippen LogP contribution in [0, 0.1) is 12.8 Å². The van der Waals surface area contributed by atoms with Crippen molar-refractivity contribution in [3.05, 3.63) is 30.6 Å². The first-order valence-corrected chi connectivity index (χ1v) is 7.08. The molecule has 0 spiro atoms. The van der Waals surface area contributed by atoms with Gasteiger partial charge in [0.05, 0.1) is 0 Å². The maximum Gasteiger partial charge on any atom is 0.223 e. The molecule has 2 aromatic rings. The number of carbonyl (C=O) groups is 1. The van der Waals surface area contributed by atoms with Crippen molar-refractivity contribution in [1.82, 2.24) is 24.8 Å². The molecular formula is C14H18N6O. The van der Waals surface area contributed by atoms with Crippen molar-refractivity contribution in [3.63, 3.8) is 0 Å². The topological polar surface area (TPSA) is 84.7 Å². The van der Waals surface area contributed by atoms with Crippen LogP contribution in [0.1, 0.15) is 18.7 Å². The minimum Gasteiger partial charge on any atom is -0.368 e. The molecule has 7 heteroatoms. The Kier molecular flexibility index (Phi) is 3.81. The molecule has 0 saturated heterocycles. The van der Waals surface area contributed by atoms with Gasteiger partial charge in [0.1, 0.15) is 23.8 Å². The van der Waals surface area contributed by atoms with Crippen LogP contribution in [-0.2, 0) is 4.79 Å². The van der Waals surface area contributed by atoms with E-state index in [2.05, 4.69) is 25.6 Å². The van der Waals surface area contributed by atoms with Crippen molar-refractivity contribution in [2.24, 2.45) is 5.92 Å². The summed E-state index contributed by atoms with van der Waals surface area (Å²) in [7, 11) is 0. The summed E-state index contributed by atoms with van der Waals surface area (Å²) in [5.41, 5.74) is 0.